The number of pyridine rings is 1. The summed E-state index contributed by atoms with van der Waals surface area (Å²) in [6.07, 6.45) is 7.48. The Morgan fingerprint density at radius 1 is 1.18 bits per heavy atom. The Hall–Kier alpha value is -3.32. The summed E-state index contributed by atoms with van der Waals surface area (Å²) in [5.74, 6) is 6.98. The minimum atomic E-state index is -0.452. The molecule has 0 bridgehead atoms. The first-order valence-corrected chi connectivity index (χ1v) is 9.42. The van der Waals surface area contributed by atoms with Crippen LogP contribution in [0.3, 0.4) is 0 Å². The summed E-state index contributed by atoms with van der Waals surface area (Å²) in [6, 6.07) is 9.01. The lowest BCUT2D eigenvalue weighted by Gasteiger charge is -2.29. The Morgan fingerprint density at radius 2 is 2.04 bits per heavy atom. The van der Waals surface area contributed by atoms with Crippen molar-refractivity contribution in [1.29, 1.82) is 0 Å². The molecule has 0 saturated carbocycles. The van der Waals surface area contributed by atoms with Crippen molar-refractivity contribution in [1.82, 2.24) is 4.98 Å². The molecule has 3 aromatic rings. The van der Waals surface area contributed by atoms with Gasteiger partial charge in [-0.1, -0.05) is 31.4 Å². The van der Waals surface area contributed by atoms with Crippen molar-refractivity contribution in [2.24, 2.45) is 0 Å². The van der Waals surface area contributed by atoms with Gasteiger partial charge in [0, 0.05) is 23.4 Å². The maximum atomic E-state index is 12.1. The van der Waals surface area contributed by atoms with Crippen molar-refractivity contribution >= 4 is 17.0 Å². The van der Waals surface area contributed by atoms with E-state index in [1.165, 1.54) is 0 Å². The fraction of sp³-hybridized carbons (Fsp3) is 0.250. The molecule has 28 heavy (non-hydrogen) atoms. The summed E-state index contributed by atoms with van der Waals surface area (Å²) in [7, 11) is 0. The van der Waals surface area contributed by atoms with Gasteiger partial charge in [-0.25, -0.2) is 9.78 Å². The quantitative estimate of drug-likeness (QED) is 0.483. The summed E-state index contributed by atoms with van der Waals surface area (Å²) in [5, 5.41) is 0.859. The van der Waals surface area contributed by atoms with E-state index in [0.29, 0.717) is 11.3 Å². The number of nitrogens with zero attached hydrogens (tertiary/aromatic N) is 1. The minimum Gasteiger partial charge on any atom is -0.482 e. The van der Waals surface area contributed by atoms with Crippen LogP contribution in [0.5, 0.6) is 5.75 Å². The molecule has 1 aromatic carbocycles. The summed E-state index contributed by atoms with van der Waals surface area (Å²) < 4.78 is 11.9. The predicted molar refractivity (Wildman–Crippen MR) is 110 cm³/mol. The normalized spacial score (nSPS) is 14.1. The molecule has 0 saturated heterocycles. The molecule has 0 unspecified atom stereocenters. The van der Waals surface area contributed by atoms with Gasteiger partial charge in [-0.15, -0.1) is 0 Å². The van der Waals surface area contributed by atoms with Crippen molar-refractivity contribution in [3.63, 3.8) is 0 Å². The molecule has 3 heterocycles. The van der Waals surface area contributed by atoms with Gasteiger partial charge in [0.2, 0.25) is 0 Å². The first-order valence-electron chi connectivity index (χ1n) is 9.42. The third-order valence-corrected chi connectivity index (χ3v) is 4.63. The zero-order valence-electron chi connectivity index (χ0n) is 16.2. The molecule has 1 aliphatic rings. The molecule has 4 heteroatoms. The molecule has 0 N–H and O–H groups in total. The van der Waals surface area contributed by atoms with Gasteiger partial charge in [0.25, 0.3) is 0 Å². The highest BCUT2D eigenvalue weighted by Gasteiger charge is 2.27. The fourth-order valence-corrected chi connectivity index (χ4v) is 3.38. The van der Waals surface area contributed by atoms with Gasteiger partial charge < -0.3 is 9.15 Å². The van der Waals surface area contributed by atoms with E-state index in [1.54, 1.807) is 12.3 Å². The van der Waals surface area contributed by atoms with Crippen molar-refractivity contribution in [3.05, 3.63) is 75.4 Å². The summed E-state index contributed by atoms with van der Waals surface area (Å²) in [5.41, 5.74) is 2.97. The predicted octanol–water partition coefficient (Wildman–Crippen LogP) is 4.72. The molecular weight excluding hydrogens is 350 g/mol. The average molecular weight is 371 g/mol. The Bertz CT molecular complexity index is 1190. The Balaban J connectivity index is 2.00. The maximum Gasteiger partial charge on any atom is 0.336 e. The van der Waals surface area contributed by atoms with Crippen LogP contribution in [0.25, 0.3) is 17.0 Å². The van der Waals surface area contributed by atoms with Gasteiger partial charge in [0.15, 0.2) is 0 Å². The fourth-order valence-electron chi connectivity index (χ4n) is 3.38. The second-order valence-electron chi connectivity index (χ2n) is 7.38. The van der Waals surface area contributed by atoms with E-state index in [0.717, 1.165) is 40.7 Å². The number of rotatable bonds is 2. The van der Waals surface area contributed by atoms with Crippen LogP contribution in [0, 0.1) is 11.8 Å². The lowest BCUT2D eigenvalue weighted by Crippen LogP contribution is -2.28. The van der Waals surface area contributed by atoms with E-state index >= 15 is 0 Å². The molecule has 2 aromatic heterocycles. The summed E-state index contributed by atoms with van der Waals surface area (Å²) >= 11 is 0. The largest absolute Gasteiger partial charge is 0.482 e. The van der Waals surface area contributed by atoms with Crippen molar-refractivity contribution in [2.75, 3.05) is 0 Å². The number of aryl methyl sites for hydroxylation is 1. The monoisotopic (exact) mass is 371 g/mol. The number of ether oxygens (including phenoxy) is 1. The molecule has 0 aliphatic carbocycles. The molecule has 0 radical (unpaired) electrons. The first kappa shape index (κ1) is 18.1. The van der Waals surface area contributed by atoms with E-state index in [1.807, 2.05) is 50.3 Å². The van der Waals surface area contributed by atoms with Crippen LogP contribution in [0.2, 0.25) is 0 Å². The summed E-state index contributed by atoms with van der Waals surface area (Å²) in [4.78, 5) is 16.3. The Labute approximate surface area is 163 Å². The van der Waals surface area contributed by atoms with Crippen molar-refractivity contribution < 1.29 is 9.15 Å². The number of hydrogen-bond acceptors (Lipinski definition) is 4. The Kier molecular flexibility index (Phi) is 4.52. The zero-order chi connectivity index (χ0) is 19.7. The Morgan fingerprint density at radius 3 is 2.79 bits per heavy atom. The summed E-state index contributed by atoms with van der Waals surface area (Å²) in [6.45, 7) is 6.09. The van der Waals surface area contributed by atoms with E-state index in [2.05, 4.69) is 23.7 Å². The van der Waals surface area contributed by atoms with Crippen LogP contribution in [-0.4, -0.2) is 10.6 Å². The van der Waals surface area contributed by atoms with Gasteiger partial charge in [-0.3, -0.25) is 0 Å². The van der Waals surface area contributed by atoms with E-state index < -0.39 is 5.60 Å². The average Bonchev–Trinajstić information content (AvgIpc) is 2.65. The standard InChI is InChI=1S/C24H21NO3/c1-4-7-17-15-21(26)27-20-14-16(9-10-18-8-5-6-13-25-18)19-11-12-24(2,3)28-23(19)22(17)20/h5-6,8,11-15H,4,7H2,1-3H3. The number of aromatic nitrogens is 1. The second-order valence-corrected chi connectivity index (χ2v) is 7.38. The van der Waals surface area contributed by atoms with Crippen molar-refractivity contribution in [3.8, 4) is 17.6 Å². The molecule has 140 valence electrons. The smallest absolute Gasteiger partial charge is 0.336 e. The van der Waals surface area contributed by atoms with E-state index in [9.17, 15) is 4.79 Å². The minimum absolute atomic E-state index is 0.356. The van der Waals surface area contributed by atoms with Gasteiger partial charge >= 0.3 is 5.63 Å². The highest BCUT2D eigenvalue weighted by Crippen LogP contribution is 2.40. The third-order valence-electron chi connectivity index (χ3n) is 4.63. The topological polar surface area (TPSA) is 52.3 Å². The lowest BCUT2D eigenvalue weighted by molar-refractivity contribution is 0.161. The highest BCUT2D eigenvalue weighted by molar-refractivity contribution is 5.93. The molecular formula is C24H21NO3. The maximum absolute atomic E-state index is 12.1. The van der Waals surface area contributed by atoms with Gasteiger partial charge in [0.05, 0.1) is 5.39 Å². The molecule has 0 fully saturated rings. The van der Waals surface area contributed by atoms with Gasteiger partial charge in [-0.05, 0) is 56.0 Å². The lowest BCUT2D eigenvalue weighted by atomic mass is 9.94. The third kappa shape index (κ3) is 3.44. The first-order chi connectivity index (χ1) is 13.5. The number of benzene rings is 1. The highest BCUT2D eigenvalue weighted by atomic mass is 16.5. The molecule has 0 amide bonds. The SMILES string of the molecule is CCCc1cc(=O)oc2cc(C#Cc3ccccn3)c3c(c12)OC(C)(C)C=C3. The van der Waals surface area contributed by atoms with Gasteiger partial charge in [0.1, 0.15) is 22.6 Å². The van der Waals surface area contributed by atoms with E-state index in [-0.39, 0.29) is 5.63 Å². The molecule has 4 rings (SSSR count). The number of fused-ring (bicyclic) bond motifs is 3. The number of hydrogen-bond donors (Lipinski definition) is 0. The van der Waals surface area contributed by atoms with Crippen LogP contribution in [0.4, 0.5) is 0 Å². The second kappa shape index (κ2) is 7.01. The molecule has 0 atom stereocenters. The van der Waals surface area contributed by atoms with Crippen LogP contribution >= 0.6 is 0 Å². The van der Waals surface area contributed by atoms with Crippen LogP contribution in [-0.2, 0) is 6.42 Å². The molecule has 1 aliphatic heterocycles. The van der Waals surface area contributed by atoms with Crippen LogP contribution < -0.4 is 10.4 Å². The zero-order valence-corrected chi connectivity index (χ0v) is 16.2. The van der Waals surface area contributed by atoms with E-state index in [4.69, 9.17) is 9.15 Å². The van der Waals surface area contributed by atoms with Crippen molar-refractivity contribution in [2.45, 2.75) is 39.2 Å². The molecule has 4 nitrogen and oxygen atoms in total. The van der Waals surface area contributed by atoms with Crippen LogP contribution in [0.1, 0.15) is 49.6 Å². The van der Waals surface area contributed by atoms with Crippen LogP contribution in [0.15, 0.2) is 51.8 Å². The molecule has 0 spiro atoms. The van der Waals surface area contributed by atoms with Gasteiger partial charge in [-0.2, -0.15) is 0 Å².